The molecular formula is C16H16N2O6. The monoisotopic (exact) mass is 332 g/mol. The summed E-state index contributed by atoms with van der Waals surface area (Å²) in [5.41, 5.74) is 0.973. The summed E-state index contributed by atoms with van der Waals surface area (Å²) in [6, 6.07) is 4.01. The fourth-order valence-electron chi connectivity index (χ4n) is 3.05. The topological polar surface area (TPSA) is 102 Å². The van der Waals surface area contributed by atoms with Crippen LogP contribution in [0.25, 0.3) is 0 Å². The van der Waals surface area contributed by atoms with Gasteiger partial charge in [-0.1, -0.05) is 0 Å². The molecule has 3 rings (SSSR count). The number of hydrogen-bond acceptors (Lipinski definition) is 6. The number of benzene rings is 1. The lowest BCUT2D eigenvalue weighted by molar-refractivity contribution is -0.140. The van der Waals surface area contributed by atoms with Gasteiger partial charge in [0, 0.05) is 24.7 Å². The zero-order valence-electron chi connectivity index (χ0n) is 13.0. The Morgan fingerprint density at radius 1 is 1.33 bits per heavy atom. The van der Waals surface area contributed by atoms with Gasteiger partial charge in [-0.25, -0.2) is 0 Å². The number of hydrogen-bond donors (Lipinski definition) is 1. The SMILES string of the molecule is COC1c2cc(OCC=O)ccc2C(=O)N1C1CCC(=O)NC1=O. The van der Waals surface area contributed by atoms with Gasteiger partial charge in [0.05, 0.1) is 0 Å². The zero-order chi connectivity index (χ0) is 17.3. The lowest BCUT2D eigenvalue weighted by Gasteiger charge is -2.33. The van der Waals surface area contributed by atoms with Gasteiger partial charge < -0.3 is 9.47 Å². The summed E-state index contributed by atoms with van der Waals surface area (Å²) in [6.07, 6.45) is 0.289. The summed E-state index contributed by atoms with van der Waals surface area (Å²) in [7, 11) is 1.44. The number of nitrogens with one attached hydrogen (secondary N) is 1. The molecule has 2 unspecified atom stereocenters. The largest absolute Gasteiger partial charge is 0.486 e. The highest BCUT2D eigenvalue weighted by Gasteiger charge is 2.45. The van der Waals surface area contributed by atoms with Gasteiger partial charge in [-0.2, -0.15) is 0 Å². The third-order valence-electron chi connectivity index (χ3n) is 4.09. The molecule has 0 aliphatic carbocycles. The van der Waals surface area contributed by atoms with Crippen LogP contribution in [0, 0.1) is 0 Å². The Kier molecular flexibility index (Phi) is 4.30. The van der Waals surface area contributed by atoms with Crippen LogP contribution in [0.2, 0.25) is 0 Å². The highest BCUT2D eigenvalue weighted by molar-refractivity contribution is 6.05. The third-order valence-corrected chi connectivity index (χ3v) is 4.09. The van der Waals surface area contributed by atoms with Crippen LogP contribution in [-0.4, -0.2) is 48.7 Å². The number of fused-ring (bicyclic) bond motifs is 1. The molecule has 1 saturated heterocycles. The number of carbonyl (C=O) groups excluding carboxylic acids is 4. The summed E-state index contributed by atoms with van der Waals surface area (Å²) >= 11 is 0. The van der Waals surface area contributed by atoms with E-state index in [9.17, 15) is 19.2 Å². The minimum absolute atomic E-state index is 0.0960. The van der Waals surface area contributed by atoms with Gasteiger partial charge >= 0.3 is 0 Å². The van der Waals surface area contributed by atoms with Crippen LogP contribution >= 0.6 is 0 Å². The minimum atomic E-state index is -0.771. The van der Waals surface area contributed by atoms with Crippen molar-refractivity contribution in [3.63, 3.8) is 0 Å². The molecule has 2 aliphatic heterocycles. The van der Waals surface area contributed by atoms with Gasteiger partial charge in [-0.05, 0) is 24.6 Å². The maximum absolute atomic E-state index is 12.7. The number of ether oxygens (including phenoxy) is 2. The Hall–Kier alpha value is -2.74. The molecule has 1 aromatic rings. The van der Waals surface area contributed by atoms with Crippen LogP contribution in [0.1, 0.15) is 35.0 Å². The second kappa shape index (κ2) is 6.40. The maximum Gasteiger partial charge on any atom is 0.257 e. The highest BCUT2D eigenvalue weighted by atomic mass is 16.5. The highest BCUT2D eigenvalue weighted by Crippen LogP contribution is 2.38. The smallest absolute Gasteiger partial charge is 0.257 e. The Bertz CT molecular complexity index is 717. The normalized spacial score (nSPS) is 23.0. The van der Waals surface area contributed by atoms with Crippen molar-refractivity contribution in [3.8, 4) is 5.75 Å². The molecular weight excluding hydrogens is 316 g/mol. The average molecular weight is 332 g/mol. The van der Waals surface area contributed by atoms with Crippen molar-refractivity contribution >= 4 is 24.0 Å². The Balaban J connectivity index is 1.92. The molecule has 2 aliphatic rings. The van der Waals surface area contributed by atoms with Crippen molar-refractivity contribution in [2.75, 3.05) is 13.7 Å². The maximum atomic E-state index is 12.7. The molecule has 8 nitrogen and oxygen atoms in total. The van der Waals surface area contributed by atoms with Crippen molar-refractivity contribution in [2.24, 2.45) is 0 Å². The van der Waals surface area contributed by atoms with Crippen molar-refractivity contribution in [3.05, 3.63) is 29.3 Å². The lowest BCUT2D eigenvalue weighted by atomic mass is 10.0. The molecule has 1 fully saturated rings. The fraction of sp³-hybridized carbons (Fsp3) is 0.375. The van der Waals surface area contributed by atoms with E-state index in [2.05, 4.69) is 5.32 Å². The predicted octanol–water partition coefficient (Wildman–Crippen LogP) is 0.170. The number of methoxy groups -OCH3 is 1. The summed E-state index contributed by atoms with van der Waals surface area (Å²) in [5, 5.41) is 2.25. The van der Waals surface area contributed by atoms with E-state index in [-0.39, 0.29) is 31.3 Å². The molecule has 0 radical (unpaired) electrons. The number of nitrogens with zero attached hydrogens (tertiary/aromatic N) is 1. The minimum Gasteiger partial charge on any atom is -0.486 e. The summed E-state index contributed by atoms with van der Waals surface area (Å²) < 4.78 is 10.7. The van der Waals surface area contributed by atoms with E-state index in [1.54, 1.807) is 18.2 Å². The first-order valence-electron chi connectivity index (χ1n) is 7.46. The molecule has 1 N–H and O–H groups in total. The van der Waals surface area contributed by atoms with E-state index < -0.39 is 18.2 Å². The first-order valence-corrected chi connectivity index (χ1v) is 7.46. The molecule has 0 bridgehead atoms. The molecule has 0 spiro atoms. The Labute approximate surface area is 137 Å². The molecule has 8 heteroatoms. The lowest BCUT2D eigenvalue weighted by Crippen LogP contribution is -2.53. The van der Waals surface area contributed by atoms with Crippen LogP contribution in [0.4, 0.5) is 0 Å². The predicted molar refractivity (Wildman–Crippen MR) is 80.1 cm³/mol. The zero-order valence-corrected chi connectivity index (χ0v) is 13.0. The van der Waals surface area contributed by atoms with Gasteiger partial charge in [0.25, 0.3) is 5.91 Å². The molecule has 1 aromatic carbocycles. The van der Waals surface area contributed by atoms with E-state index in [0.29, 0.717) is 23.2 Å². The number of rotatable bonds is 5. The van der Waals surface area contributed by atoms with Crippen LogP contribution in [0.15, 0.2) is 18.2 Å². The van der Waals surface area contributed by atoms with Crippen molar-refractivity contribution in [1.82, 2.24) is 10.2 Å². The number of aldehydes is 1. The Morgan fingerprint density at radius 2 is 2.12 bits per heavy atom. The molecule has 24 heavy (non-hydrogen) atoms. The molecule has 0 saturated carbocycles. The van der Waals surface area contributed by atoms with E-state index >= 15 is 0 Å². The fourth-order valence-corrected chi connectivity index (χ4v) is 3.05. The molecule has 2 atom stereocenters. The van der Waals surface area contributed by atoms with Crippen LogP contribution in [0.3, 0.4) is 0 Å². The van der Waals surface area contributed by atoms with Crippen LogP contribution in [-0.2, 0) is 19.1 Å². The number of imide groups is 1. The number of piperidine rings is 1. The van der Waals surface area contributed by atoms with E-state index in [0.717, 1.165) is 0 Å². The van der Waals surface area contributed by atoms with Gasteiger partial charge in [-0.15, -0.1) is 0 Å². The standard InChI is InChI=1S/C16H16N2O6/c1-23-16-11-8-9(24-7-6-19)2-3-10(11)15(22)18(16)12-4-5-13(20)17-14(12)21/h2-3,6,8,12,16H,4-5,7H2,1H3,(H,17,20,21). The van der Waals surface area contributed by atoms with E-state index in [1.165, 1.54) is 12.0 Å². The van der Waals surface area contributed by atoms with E-state index in [1.807, 2.05) is 0 Å². The second-order valence-corrected chi connectivity index (χ2v) is 5.49. The second-order valence-electron chi connectivity index (χ2n) is 5.49. The van der Waals surface area contributed by atoms with Crippen LogP contribution in [0.5, 0.6) is 5.75 Å². The molecule has 126 valence electrons. The first kappa shape index (κ1) is 16.1. The van der Waals surface area contributed by atoms with Gasteiger partial charge in [0.15, 0.2) is 12.5 Å². The Morgan fingerprint density at radius 3 is 2.79 bits per heavy atom. The van der Waals surface area contributed by atoms with Crippen molar-refractivity contribution < 1.29 is 28.7 Å². The average Bonchev–Trinajstić information content (AvgIpc) is 2.84. The van der Waals surface area contributed by atoms with Gasteiger partial charge in [0.2, 0.25) is 11.8 Å². The molecule has 2 heterocycles. The van der Waals surface area contributed by atoms with Crippen molar-refractivity contribution in [1.29, 1.82) is 0 Å². The first-order chi connectivity index (χ1) is 11.6. The summed E-state index contributed by atoms with van der Waals surface area (Å²) in [5.74, 6) is -0.764. The van der Waals surface area contributed by atoms with E-state index in [4.69, 9.17) is 9.47 Å². The summed E-state index contributed by atoms with van der Waals surface area (Å²) in [6.45, 7) is -0.0960. The van der Waals surface area contributed by atoms with Gasteiger partial charge in [0.1, 0.15) is 18.4 Å². The van der Waals surface area contributed by atoms with Gasteiger partial charge in [-0.3, -0.25) is 29.4 Å². The number of amides is 3. The number of carbonyl (C=O) groups is 4. The molecule has 0 aromatic heterocycles. The molecule has 3 amide bonds. The van der Waals surface area contributed by atoms with Crippen molar-refractivity contribution in [2.45, 2.75) is 25.1 Å². The quantitative estimate of drug-likeness (QED) is 0.609. The van der Waals surface area contributed by atoms with Crippen LogP contribution < -0.4 is 10.1 Å². The summed E-state index contributed by atoms with van der Waals surface area (Å²) in [4.78, 5) is 47.9. The third kappa shape index (κ3) is 2.65.